The Balaban J connectivity index is 2.00. The van der Waals surface area contributed by atoms with Gasteiger partial charge in [-0.3, -0.25) is 4.79 Å². The van der Waals surface area contributed by atoms with Crippen molar-refractivity contribution >= 4 is 33.6 Å². The minimum atomic E-state index is -1.03. The van der Waals surface area contributed by atoms with Crippen LogP contribution in [-0.2, 0) is 14.3 Å². The van der Waals surface area contributed by atoms with Crippen LogP contribution in [-0.4, -0.2) is 34.2 Å². The first kappa shape index (κ1) is 14.0. The number of aromatic nitrogens is 1. The van der Waals surface area contributed by atoms with Crippen molar-refractivity contribution in [1.29, 1.82) is 0 Å². The highest BCUT2D eigenvalue weighted by Gasteiger charge is 2.34. The molecule has 1 amide bonds. The number of carbonyl (C=O) groups excluding carboxylic acids is 1. The van der Waals surface area contributed by atoms with Crippen LogP contribution in [0.2, 0.25) is 0 Å². The van der Waals surface area contributed by atoms with Crippen molar-refractivity contribution in [3.8, 4) is 0 Å². The summed E-state index contributed by atoms with van der Waals surface area (Å²) in [6, 6.07) is 1.83. The molecule has 1 aromatic heterocycles. The molecule has 0 radical (unpaired) electrons. The number of carboxylic acid groups (broad SMARTS) is 1. The van der Waals surface area contributed by atoms with Crippen LogP contribution in [0, 0.1) is 6.92 Å². The Hall–Kier alpha value is -1.47. The Morgan fingerprint density at radius 1 is 1.47 bits per heavy atom. The second kappa shape index (κ2) is 5.66. The number of amides is 1. The summed E-state index contributed by atoms with van der Waals surface area (Å²) in [7, 11) is 0. The lowest BCUT2D eigenvalue weighted by Crippen LogP contribution is -2.30. The maximum atomic E-state index is 11.9. The lowest BCUT2D eigenvalue weighted by Gasteiger charge is -2.12. The molecule has 2 rings (SSSR count). The molecule has 1 aliphatic rings. The standard InChI is InChI=1S/C12H13BrN2O4/c1-6-4-7(13)5-14-10(6)15-11(16)8-2-3-9(19-8)12(17)18/h4-5,8-9H,2-3H2,1H3,(H,17,18)(H,14,15,16)/t8-,9+/m0/s1. The van der Waals surface area contributed by atoms with Crippen molar-refractivity contribution in [2.24, 2.45) is 0 Å². The minimum Gasteiger partial charge on any atom is -0.479 e. The molecule has 1 aliphatic heterocycles. The molecule has 0 saturated carbocycles. The highest BCUT2D eigenvalue weighted by Crippen LogP contribution is 2.22. The molecule has 1 saturated heterocycles. The van der Waals surface area contributed by atoms with Gasteiger partial charge in [0, 0.05) is 10.7 Å². The molecule has 1 fully saturated rings. The smallest absolute Gasteiger partial charge is 0.332 e. The zero-order valence-corrected chi connectivity index (χ0v) is 11.8. The Bertz CT molecular complexity index is 520. The van der Waals surface area contributed by atoms with E-state index in [9.17, 15) is 9.59 Å². The van der Waals surface area contributed by atoms with E-state index in [1.165, 1.54) is 0 Å². The van der Waals surface area contributed by atoms with E-state index in [0.717, 1.165) is 10.0 Å². The quantitative estimate of drug-likeness (QED) is 0.882. The maximum absolute atomic E-state index is 11.9. The molecule has 2 N–H and O–H groups in total. The molecule has 0 spiro atoms. The number of nitrogens with one attached hydrogen (secondary N) is 1. The molecule has 7 heteroatoms. The number of carbonyl (C=O) groups is 2. The van der Waals surface area contributed by atoms with Crippen LogP contribution in [0.15, 0.2) is 16.7 Å². The Kier molecular flexibility index (Phi) is 4.16. The van der Waals surface area contributed by atoms with E-state index in [1.807, 2.05) is 13.0 Å². The van der Waals surface area contributed by atoms with Gasteiger partial charge in [-0.2, -0.15) is 0 Å². The van der Waals surface area contributed by atoms with Gasteiger partial charge in [-0.25, -0.2) is 9.78 Å². The first-order valence-corrected chi connectivity index (χ1v) is 6.58. The highest BCUT2D eigenvalue weighted by atomic mass is 79.9. The third kappa shape index (κ3) is 3.30. The number of pyridine rings is 1. The number of anilines is 1. The van der Waals surface area contributed by atoms with Gasteiger partial charge in [-0.1, -0.05) is 0 Å². The van der Waals surface area contributed by atoms with Crippen LogP contribution in [0.25, 0.3) is 0 Å². The van der Waals surface area contributed by atoms with Gasteiger partial charge in [0.05, 0.1) is 0 Å². The molecule has 0 unspecified atom stereocenters. The van der Waals surface area contributed by atoms with Gasteiger partial charge >= 0.3 is 5.97 Å². The molecule has 0 aromatic carbocycles. The zero-order chi connectivity index (χ0) is 14.0. The number of ether oxygens (including phenoxy) is 1. The minimum absolute atomic E-state index is 0.347. The molecule has 19 heavy (non-hydrogen) atoms. The average molecular weight is 329 g/mol. The second-order valence-electron chi connectivity index (χ2n) is 4.34. The Labute approximate surface area is 118 Å². The van der Waals surface area contributed by atoms with Gasteiger partial charge in [0.25, 0.3) is 5.91 Å². The van der Waals surface area contributed by atoms with Gasteiger partial charge in [-0.05, 0) is 47.3 Å². The van der Waals surface area contributed by atoms with E-state index in [-0.39, 0.29) is 5.91 Å². The summed E-state index contributed by atoms with van der Waals surface area (Å²) in [4.78, 5) is 26.8. The summed E-state index contributed by atoms with van der Waals surface area (Å²) in [5.74, 6) is -0.939. The molecule has 6 nitrogen and oxygen atoms in total. The number of rotatable bonds is 3. The summed E-state index contributed by atoms with van der Waals surface area (Å²) in [5, 5.41) is 11.5. The van der Waals surface area contributed by atoms with E-state index in [0.29, 0.717) is 18.7 Å². The molecular formula is C12H13BrN2O4. The number of nitrogens with zero attached hydrogens (tertiary/aromatic N) is 1. The summed E-state index contributed by atoms with van der Waals surface area (Å²) in [6.45, 7) is 1.82. The van der Waals surface area contributed by atoms with Gasteiger partial charge in [0.15, 0.2) is 6.10 Å². The summed E-state index contributed by atoms with van der Waals surface area (Å²) in [6.07, 6.45) is 0.706. The van der Waals surface area contributed by atoms with E-state index in [2.05, 4.69) is 26.2 Å². The van der Waals surface area contributed by atoms with Gasteiger partial charge in [0.2, 0.25) is 0 Å². The normalized spacial score (nSPS) is 22.2. The first-order chi connectivity index (χ1) is 8.97. The van der Waals surface area contributed by atoms with Crippen molar-refractivity contribution in [1.82, 2.24) is 4.98 Å². The molecule has 102 valence electrons. The van der Waals surface area contributed by atoms with Crippen molar-refractivity contribution in [2.45, 2.75) is 32.0 Å². The Morgan fingerprint density at radius 2 is 2.16 bits per heavy atom. The number of aryl methyl sites for hydroxylation is 1. The van der Waals surface area contributed by atoms with E-state index >= 15 is 0 Å². The largest absolute Gasteiger partial charge is 0.479 e. The van der Waals surface area contributed by atoms with Crippen molar-refractivity contribution in [3.05, 3.63) is 22.3 Å². The van der Waals surface area contributed by atoms with Crippen LogP contribution in [0.3, 0.4) is 0 Å². The number of aliphatic carboxylic acids is 1. The molecule has 1 aromatic rings. The topological polar surface area (TPSA) is 88.5 Å². The van der Waals surface area contributed by atoms with Crippen LogP contribution in [0.5, 0.6) is 0 Å². The predicted molar refractivity (Wildman–Crippen MR) is 70.8 cm³/mol. The number of carboxylic acids is 1. The second-order valence-corrected chi connectivity index (χ2v) is 5.25. The third-order valence-corrected chi connectivity index (χ3v) is 3.31. The van der Waals surface area contributed by atoms with Crippen molar-refractivity contribution in [3.63, 3.8) is 0 Å². The van der Waals surface area contributed by atoms with Gasteiger partial charge in [0.1, 0.15) is 11.9 Å². The molecule has 0 aliphatic carbocycles. The van der Waals surface area contributed by atoms with Crippen LogP contribution in [0.1, 0.15) is 18.4 Å². The van der Waals surface area contributed by atoms with Gasteiger partial charge < -0.3 is 15.2 Å². The summed E-state index contributed by atoms with van der Waals surface area (Å²) in [5.41, 5.74) is 0.815. The van der Waals surface area contributed by atoms with Crippen LogP contribution < -0.4 is 5.32 Å². The van der Waals surface area contributed by atoms with Crippen molar-refractivity contribution < 1.29 is 19.4 Å². The summed E-state index contributed by atoms with van der Waals surface area (Å²) < 4.78 is 6.00. The first-order valence-electron chi connectivity index (χ1n) is 5.78. The van der Waals surface area contributed by atoms with E-state index in [1.54, 1.807) is 6.20 Å². The number of halogens is 1. The lowest BCUT2D eigenvalue weighted by molar-refractivity contribution is -0.150. The molecular weight excluding hydrogens is 316 g/mol. The van der Waals surface area contributed by atoms with E-state index < -0.39 is 18.2 Å². The maximum Gasteiger partial charge on any atom is 0.332 e. The highest BCUT2D eigenvalue weighted by molar-refractivity contribution is 9.10. The van der Waals surface area contributed by atoms with E-state index in [4.69, 9.17) is 9.84 Å². The fraction of sp³-hybridized carbons (Fsp3) is 0.417. The summed E-state index contributed by atoms with van der Waals surface area (Å²) >= 11 is 3.29. The zero-order valence-electron chi connectivity index (χ0n) is 10.2. The van der Waals surface area contributed by atoms with Crippen LogP contribution >= 0.6 is 15.9 Å². The van der Waals surface area contributed by atoms with Crippen LogP contribution in [0.4, 0.5) is 5.82 Å². The molecule has 2 heterocycles. The third-order valence-electron chi connectivity index (χ3n) is 2.87. The SMILES string of the molecule is Cc1cc(Br)cnc1NC(=O)[C@@H]1CC[C@H](C(=O)O)O1. The number of hydrogen-bond acceptors (Lipinski definition) is 4. The monoisotopic (exact) mass is 328 g/mol. The fourth-order valence-electron chi connectivity index (χ4n) is 1.88. The number of hydrogen-bond donors (Lipinski definition) is 2. The molecule has 0 bridgehead atoms. The average Bonchev–Trinajstić information content (AvgIpc) is 2.82. The van der Waals surface area contributed by atoms with Crippen molar-refractivity contribution in [2.75, 3.05) is 5.32 Å². The molecule has 2 atom stereocenters. The lowest BCUT2D eigenvalue weighted by atomic mass is 10.2. The Morgan fingerprint density at radius 3 is 2.74 bits per heavy atom. The predicted octanol–water partition coefficient (Wildman–Crippen LogP) is 1.72. The fourth-order valence-corrected chi connectivity index (χ4v) is 2.33. The van der Waals surface area contributed by atoms with Gasteiger partial charge in [-0.15, -0.1) is 0 Å².